The summed E-state index contributed by atoms with van der Waals surface area (Å²) in [5, 5.41) is 3.00. The molecule has 0 saturated carbocycles. The van der Waals surface area contributed by atoms with E-state index < -0.39 is 0 Å². The van der Waals surface area contributed by atoms with Crippen molar-refractivity contribution in [2.75, 3.05) is 39.6 Å². The molecule has 2 aliphatic heterocycles. The number of fused-ring (bicyclic) bond motifs is 1. The average Bonchev–Trinajstić information content (AvgIpc) is 3.03. The summed E-state index contributed by atoms with van der Waals surface area (Å²) in [4.78, 5) is 14.0. The zero-order valence-corrected chi connectivity index (χ0v) is 12.8. The zero-order chi connectivity index (χ0) is 15.4. The summed E-state index contributed by atoms with van der Waals surface area (Å²) in [6, 6.07) is 6.12. The molecule has 0 spiro atoms. The van der Waals surface area contributed by atoms with Crippen LogP contribution in [-0.4, -0.2) is 50.4 Å². The highest BCUT2D eigenvalue weighted by atomic mass is 16.7. The number of hydrogen-bond acceptors (Lipinski definition) is 5. The van der Waals surface area contributed by atoms with Crippen molar-refractivity contribution in [2.45, 2.75) is 19.4 Å². The lowest BCUT2D eigenvalue weighted by atomic mass is 10.0. The van der Waals surface area contributed by atoms with Crippen molar-refractivity contribution >= 4 is 5.91 Å². The van der Waals surface area contributed by atoms with Crippen molar-refractivity contribution in [3.05, 3.63) is 23.8 Å². The zero-order valence-electron chi connectivity index (χ0n) is 12.8. The molecule has 1 unspecified atom stereocenters. The molecular formula is C16H22N2O4. The highest BCUT2D eigenvalue weighted by molar-refractivity contribution is 5.75. The molecule has 2 heterocycles. The number of amides is 1. The fraction of sp³-hybridized carbons (Fsp3) is 0.562. The van der Waals surface area contributed by atoms with Gasteiger partial charge in [0.2, 0.25) is 12.7 Å². The minimum Gasteiger partial charge on any atom is -0.454 e. The van der Waals surface area contributed by atoms with E-state index in [4.69, 9.17) is 14.2 Å². The minimum absolute atomic E-state index is 0.0685. The maximum absolute atomic E-state index is 11.6. The second kappa shape index (κ2) is 6.98. The van der Waals surface area contributed by atoms with E-state index in [1.165, 1.54) is 0 Å². The molecule has 120 valence electrons. The maximum atomic E-state index is 11.6. The van der Waals surface area contributed by atoms with Gasteiger partial charge in [-0.1, -0.05) is 13.0 Å². The predicted molar refractivity (Wildman–Crippen MR) is 81.0 cm³/mol. The SMILES string of the molecule is CCC(=O)NCC(c1ccc2c(c1)OCO2)N1CCOCC1. The van der Waals surface area contributed by atoms with Crippen LogP contribution in [0.25, 0.3) is 0 Å². The minimum atomic E-state index is 0.0685. The van der Waals surface area contributed by atoms with E-state index in [-0.39, 0.29) is 18.7 Å². The molecule has 22 heavy (non-hydrogen) atoms. The van der Waals surface area contributed by atoms with Crippen LogP contribution in [0.15, 0.2) is 18.2 Å². The van der Waals surface area contributed by atoms with E-state index in [0.717, 1.165) is 43.4 Å². The Bertz CT molecular complexity index is 529. The summed E-state index contributed by atoms with van der Waals surface area (Å²) in [6.45, 7) is 5.90. The average molecular weight is 306 g/mol. The number of ether oxygens (including phenoxy) is 3. The summed E-state index contributed by atoms with van der Waals surface area (Å²) in [5.74, 6) is 1.62. The van der Waals surface area contributed by atoms with Crippen LogP contribution < -0.4 is 14.8 Å². The summed E-state index contributed by atoms with van der Waals surface area (Å²) in [6.07, 6.45) is 0.497. The molecule has 6 nitrogen and oxygen atoms in total. The van der Waals surface area contributed by atoms with Crippen LogP contribution in [0.2, 0.25) is 0 Å². The second-order valence-corrected chi connectivity index (χ2v) is 5.43. The number of hydrogen-bond donors (Lipinski definition) is 1. The molecular weight excluding hydrogens is 284 g/mol. The van der Waals surface area contributed by atoms with Gasteiger partial charge in [-0.3, -0.25) is 9.69 Å². The lowest BCUT2D eigenvalue weighted by Gasteiger charge is -2.35. The van der Waals surface area contributed by atoms with Gasteiger partial charge in [0.25, 0.3) is 0 Å². The Morgan fingerprint density at radius 2 is 2.05 bits per heavy atom. The fourth-order valence-corrected chi connectivity index (χ4v) is 2.80. The highest BCUT2D eigenvalue weighted by Gasteiger charge is 2.25. The summed E-state index contributed by atoms with van der Waals surface area (Å²) >= 11 is 0. The van der Waals surface area contributed by atoms with Gasteiger partial charge in [-0.05, 0) is 17.7 Å². The van der Waals surface area contributed by atoms with E-state index in [2.05, 4.69) is 10.2 Å². The van der Waals surface area contributed by atoms with Gasteiger partial charge in [0.15, 0.2) is 11.5 Å². The fourth-order valence-electron chi connectivity index (χ4n) is 2.80. The van der Waals surface area contributed by atoms with Gasteiger partial charge in [-0.2, -0.15) is 0 Å². The monoisotopic (exact) mass is 306 g/mol. The van der Waals surface area contributed by atoms with Gasteiger partial charge in [-0.25, -0.2) is 0 Å². The Kier molecular flexibility index (Phi) is 4.80. The molecule has 0 aromatic heterocycles. The Morgan fingerprint density at radius 3 is 2.82 bits per heavy atom. The number of nitrogens with one attached hydrogen (secondary N) is 1. The maximum Gasteiger partial charge on any atom is 0.231 e. The molecule has 3 rings (SSSR count). The Hall–Kier alpha value is -1.79. The number of rotatable bonds is 5. The molecule has 1 N–H and O–H groups in total. The molecule has 1 aromatic rings. The Morgan fingerprint density at radius 1 is 1.27 bits per heavy atom. The van der Waals surface area contributed by atoms with Gasteiger partial charge in [0.05, 0.1) is 19.3 Å². The summed E-state index contributed by atoms with van der Waals surface area (Å²) in [7, 11) is 0. The standard InChI is InChI=1S/C16H22N2O4/c1-2-16(19)17-10-13(18-5-7-20-8-6-18)12-3-4-14-15(9-12)22-11-21-14/h3-4,9,13H,2,5-8,10-11H2,1H3,(H,17,19). The van der Waals surface area contributed by atoms with E-state index in [1.54, 1.807) is 0 Å². The smallest absolute Gasteiger partial charge is 0.231 e. The molecule has 1 amide bonds. The van der Waals surface area contributed by atoms with E-state index >= 15 is 0 Å². The van der Waals surface area contributed by atoms with E-state index in [1.807, 2.05) is 25.1 Å². The molecule has 1 saturated heterocycles. The Labute approximate surface area is 130 Å². The molecule has 0 aliphatic carbocycles. The van der Waals surface area contributed by atoms with Crippen molar-refractivity contribution in [1.29, 1.82) is 0 Å². The van der Waals surface area contributed by atoms with Crippen LogP contribution in [0.3, 0.4) is 0 Å². The largest absolute Gasteiger partial charge is 0.454 e. The molecule has 6 heteroatoms. The topological polar surface area (TPSA) is 60.0 Å². The third-order valence-corrected chi connectivity index (χ3v) is 4.08. The first-order valence-electron chi connectivity index (χ1n) is 7.76. The lowest BCUT2D eigenvalue weighted by Crippen LogP contribution is -2.43. The normalized spacial score (nSPS) is 19.0. The lowest BCUT2D eigenvalue weighted by molar-refractivity contribution is -0.121. The van der Waals surface area contributed by atoms with E-state index in [0.29, 0.717) is 13.0 Å². The number of carbonyl (C=O) groups excluding carboxylic acids is 1. The first kappa shape index (κ1) is 15.1. The quantitative estimate of drug-likeness (QED) is 0.889. The number of carbonyl (C=O) groups is 1. The van der Waals surface area contributed by atoms with Crippen LogP contribution in [0.4, 0.5) is 0 Å². The molecule has 0 bridgehead atoms. The van der Waals surface area contributed by atoms with Crippen LogP contribution in [-0.2, 0) is 9.53 Å². The van der Waals surface area contributed by atoms with Crippen molar-refractivity contribution in [1.82, 2.24) is 10.2 Å². The predicted octanol–water partition coefficient (Wildman–Crippen LogP) is 1.31. The molecule has 1 aromatic carbocycles. The van der Waals surface area contributed by atoms with Crippen LogP contribution in [0.1, 0.15) is 24.9 Å². The Balaban J connectivity index is 1.78. The first-order chi connectivity index (χ1) is 10.8. The molecule has 1 atom stereocenters. The van der Waals surface area contributed by atoms with Crippen molar-refractivity contribution < 1.29 is 19.0 Å². The number of benzene rings is 1. The number of nitrogens with zero attached hydrogens (tertiary/aromatic N) is 1. The van der Waals surface area contributed by atoms with Gasteiger partial charge >= 0.3 is 0 Å². The number of morpholine rings is 1. The summed E-state index contributed by atoms with van der Waals surface area (Å²) in [5.41, 5.74) is 1.13. The second-order valence-electron chi connectivity index (χ2n) is 5.43. The van der Waals surface area contributed by atoms with Gasteiger partial charge in [0.1, 0.15) is 0 Å². The molecule has 2 aliphatic rings. The first-order valence-corrected chi connectivity index (χ1v) is 7.76. The van der Waals surface area contributed by atoms with E-state index in [9.17, 15) is 4.79 Å². The van der Waals surface area contributed by atoms with Crippen LogP contribution >= 0.6 is 0 Å². The third-order valence-electron chi connectivity index (χ3n) is 4.08. The van der Waals surface area contributed by atoms with Gasteiger partial charge in [0, 0.05) is 26.1 Å². The van der Waals surface area contributed by atoms with Crippen LogP contribution in [0, 0.1) is 0 Å². The van der Waals surface area contributed by atoms with Crippen LogP contribution in [0.5, 0.6) is 11.5 Å². The van der Waals surface area contributed by atoms with Gasteiger partial charge < -0.3 is 19.5 Å². The van der Waals surface area contributed by atoms with Crippen molar-refractivity contribution in [3.8, 4) is 11.5 Å². The van der Waals surface area contributed by atoms with Gasteiger partial charge in [-0.15, -0.1) is 0 Å². The summed E-state index contributed by atoms with van der Waals surface area (Å²) < 4.78 is 16.3. The molecule has 1 fully saturated rings. The molecule has 0 radical (unpaired) electrons. The third kappa shape index (κ3) is 3.34. The highest BCUT2D eigenvalue weighted by Crippen LogP contribution is 2.35. The van der Waals surface area contributed by atoms with Crippen molar-refractivity contribution in [3.63, 3.8) is 0 Å². The van der Waals surface area contributed by atoms with Crippen molar-refractivity contribution in [2.24, 2.45) is 0 Å².